The Hall–Kier alpha value is -0.930. The molecule has 0 radical (unpaired) electrons. The molecule has 0 spiro atoms. The summed E-state index contributed by atoms with van der Waals surface area (Å²) in [5.74, 6) is 1.60. The van der Waals surface area contributed by atoms with Crippen LogP contribution in [0.25, 0.3) is 0 Å². The number of hydrogen-bond acceptors (Lipinski definition) is 3. The van der Waals surface area contributed by atoms with Crippen molar-refractivity contribution in [1.29, 1.82) is 0 Å². The summed E-state index contributed by atoms with van der Waals surface area (Å²) in [4.78, 5) is 0. The first-order valence-electron chi connectivity index (χ1n) is 7.09. The van der Waals surface area contributed by atoms with Gasteiger partial charge in [-0.3, -0.25) is 0 Å². The summed E-state index contributed by atoms with van der Waals surface area (Å²) in [7, 11) is 0. The van der Waals surface area contributed by atoms with Crippen molar-refractivity contribution in [1.82, 2.24) is 0 Å². The van der Waals surface area contributed by atoms with E-state index >= 15 is 0 Å². The Labute approximate surface area is 120 Å². The lowest BCUT2D eigenvalue weighted by molar-refractivity contribution is 0.297. The molecule has 2 N–H and O–H groups in total. The maximum atomic E-state index is 6.30. The van der Waals surface area contributed by atoms with Crippen LogP contribution in [0.5, 0.6) is 11.5 Å². The number of benzene rings is 1. The summed E-state index contributed by atoms with van der Waals surface area (Å²) in [6.45, 7) is 2.19. The number of fused-ring (bicyclic) bond motifs is 1. The smallest absolute Gasteiger partial charge is 0.162 e. The van der Waals surface area contributed by atoms with Crippen molar-refractivity contribution in [2.75, 3.05) is 19.8 Å². The van der Waals surface area contributed by atoms with E-state index in [1.807, 2.05) is 12.1 Å². The van der Waals surface area contributed by atoms with E-state index in [1.165, 1.54) is 12.8 Å². The van der Waals surface area contributed by atoms with Crippen LogP contribution < -0.4 is 15.2 Å². The Kier molecular flexibility index (Phi) is 5.80. The molecule has 1 aromatic carbocycles. The summed E-state index contributed by atoms with van der Waals surface area (Å²) in [6.07, 6.45) is 6.54. The highest BCUT2D eigenvalue weighted by molar-refractivity contribution is 6.31. The van der Waals surface area contributed by atoms with E-state index in [4.69, 9.17) is 26.8 Å². The van der Waals surface area contributed by atoms with E-state index in [-0.39, 0.29) is 0 Å². The molecule has 3 nitrogen and oxygen atoms in total. The fourth-order valence-corrected chi connectivity index (χ4v) is 2.48. The standard InChI is InChI=1S/C15H22ClNO2/c16-13-11-15-14(18-8-5-9-19-15)10-12(13)6-3-1-2-4-7-17/h10-11H,1-9,17H2. The maximum absolute atomic E-state index is 6.30. The lowest BCUT2D eigenvalue weighted by atomic mass is 10.1. The van der Waals surface area contributed by atoms with Crippen LogP contribution in [-0.2, 0) is 6.42 Å². The highest BCUT2D eigenvalue weighted by Gasteiger charge is 2.13. The summed E-state index contributed by atoms with van der Waals surface area (Å²) in [5.41, 5.74) is 6.64. The molecule has 0 unspecified atom stereocenters. The van der Waals surface area contributed by atoms with Gasteiger partial charge in [-0.15, -0.1) is 0 Å². The molecule has 1 heterocycles. The quantitative estimate of drug-likeness (QED) is 0.812. The zero-order chi connectivity index (χ0) is 13.5. The van der Waals surface area contributed by atoms with Gasteiger partial charge in [-0.25, -0.2) is 0 Å². The minimum Gasteiger partial charge on any atom is -0.490 e. The van der Waals surface area contributed by atoms with E-state index in [0.717, 1.165) is 54.3 Å². The largest absolute Gasteiger partial charge is 0.490 e. The molecule has 0 amide bonds. The van der Waals surface area contributed by atoms with Gasteiger partial charge in [0.2, 0.25) is 0 Å². The number of unbranched alkanes of at least 4 members (excludes halogenated alkanes) is 3. The third-order valence-electron chi connectivity index (χ3n) is 3.32. The molecule has 106 valence electrons. The predicted molar refractivity (Wildman–Crippen MR) is 78.3 cm³/mol. The fourth-order valence-electron chi connectivity index (χ4n) is 2.23. The average Bonchev–Trinajstić information content (AvgIpc) is 2.63. The van der Waals surface area contributed by atoms with Crippen molar-refractivity contribution in [2.45, 2.75) is 38.5 Å². The molecular formula is C15H22ClNO2. The minimum absolute atomic E-state index is 0.696. The van der Waals surface area contributed by atoms with Crippen molar-refractivity contribution in [3.63, 3.8) is 0 Å². The van der Waals surface area contributed by atoms with E-state index in [0.29, 0.717) is 13.2 Å². The highest BCUT2D eigenvalue weighted by Crippen LogP contribution is 2.35. The SMILES string of the molecule is NCCCCCCc1cc2c(cc1Cl)OCCCO2. The van der Waals surface area contributed by atoms with Crippen LogP contribution in [0.4, 0.5) is 0 Å². The van der Waals surface area contributed by atoms with Gasteiger partial charge in [0.05, 0.1) is 13.2 Å². The van der Waals surface area contributed by atoms with E-state index in [9.17, 15) is 0 Å². The number of nitrogens with two attached hydrogens (primary N) is 1. The van der Waals surface area contributed by atoms with Gasteiger partial charge in [0, 0.05) is 17.5 Å². The molecule has 1 aliphatic rings. The topological polar surface area (TPSA) is 44.5 Å². The molecule has 0 aliphatic carbocycles. The van der Waals surface area contributed by atoms with Crippen LogP contribution in [0.1, 0.15) is 37.7 Å². The Morgan fingerprint density at radius 2 is 1.68 bits per heavy atom. The lowest BCUT2D eigenvalue weighted by Gasteiger charge is -2.11. The first kappa shape index (κ1) is 14.5. The molecule has 2 rings (SSSR count). The third kappa shape index (κ3) is 4.29. The number of ether oxygens (including phenoxy) is 2. The molecule has 0 saturated carbocycles. The van der Waals surface area contributed by atoms with E-state index in [1.54, 1.807) is 0 Å². The predicted octanol–water partition coefficient (Wildman–Crippen LogP) is 3.56. The van der Waals surface area contributed by atoms with E-state index < -0.39 is 0 Å². The van der Waals surface area contributed by atoms with Crippen LogP contribution in [0.3, 0.4) is 0 Å². The van der Waals surface area contributed by atoms with Gasteiger partial charge >= 0.3 is 0 Å². The van der Waals surface area contributed by atoms with Crippen LogP contribution in [-0.4, -0.2) is 19.8 Å². The molecule has 0 atom stereocenters. The zero-order valence-electron chi connectivity index (χ0n) is 11.3. The van der Waals surface area contributed by atoms with E-state index in [2.05, 4.69) is 0 Å². The molecule has 0 bridgehead atoms. The molecule has 1 aromatic rings. The Morgan fingerprint density at radius 1 is 1.00 bits per heavy atom. The van der Waals surface area contributed by atoms with Crippen molar-refractivity contribution < 1.29 is 9.47 Å². The second kappa shape index (κ2) is 7.61. The second-order valence-corrected chi connectivity index (χ2v) is 5.30. The Morgan fingerprint density at radius 3 is 2.42 bits per heavy atom. The van der Waals surface area contributed by atoms with Crippen molar-refractivity contribution in [3.8, 4) is 11.5 Å². The molecule has 1 aliphatic heterocycles. The van der Waals surface area contributed by atoms with Crippen molar-refractivity contribution >= 4 is 11.6 Å². The normalized spacial score (nSPS) is 14.2. The van der Waals surface area contributed by atoms with Gasteiger partial charge in [-0.05, 0) is 37.4 Å². The first-order valence-corrected chi connectivity index (χ1v) is 7.47. The molecule has 0 aromatic heterocycles. The summed E-state index contributed by atoms with van der Waals surface area (Å²) >= 11 is 6.30. The molecule has 0 fully saturated rings. The van der Waals surface area contributed by atoms with Crippen LogP contribution in [0.2, 0.25) is 5.02 Å². The Bertz CT molecular complexity index is 409. The van der Waals surface area contributed by atoms with Gasteiger partial charge in [0.15, 0.2) is 11.5 Å². The maximum Gasteiger partial charge on any atom is 0.162 e. The van der Waals surface area contributed by atoms with Gasteiger partial charge in [-0.2, -0.15) is 0 Å². The molecular weight excluding hydrogens is 262 g/mol. The zero-order valence-corrected chi connectivity index (χ0v) is 12.0. The summed E-state index contributed by atoms with van der Waals surface area (Å²) < 4.78 is 11.3. The summed E-state index contributed by atoms with van der Waals surface area (Å²) in [6, 6.07) is 3.92. The van der Waals surface area contributed by atoms with Gasteiger partial charge in [0.1, 0.15) is 0 Å². The number of aryl methyl sites for hydroxylation is 1. The second-order valence-electron chi connectivity index (χ2n) is 4.89. The minimum atomic E-state index is 0.696. The molecule has 19 heavy (non-hydrogen) atoms. The monoisotopic (exact) mass is 283 g/mol. The number of halogens is 1. The van der Waals surface area contributed by atoms with Gasteiger partial charge in [-0.1, -0.05) is 24.4 Å². The summed E-state index contributed by atoms with van der Waals surface area (Å²) in [5, 5.41) is 0.781. The average molecular weight is 284 g/mol. The lowest BCUT2D eigenvalue weighted by Crippen LogP contribution is -1.98. The Balaban J connectivity index is 1.95. The number of hydrogen-bond donors (Lipinski definition) is 1. The molecule has 0 saturated heterocycles. The van der Waals surface area contributed by atoms with Crippen LogP contribution in [0, 0.1) is 0 Å². The van der Waals surface area contributed by atoms with Crippen molar-refractivity contribution in [3.05, 3.63) is 22.7 Å². The van der Waals surface area contributed by atoms with Gasteiger partial charge < -0.3 is 15.2 Å². The van der Waals surface area contributed by atoms with Gasteiger partial charge in [0.25, 0.3) is 0 Å². The third-order valence-corrected chi connectivity index (χ3v) is 3.67. The van der Waals surface area contributed by atoms with Crippen LogP contribution >= 0.6 is 11.6 Å². The van der Waals surface area contributed by atoms with Crippen molar-refractivity contribution in [2.24, 2.45) is 5.73 Å². The number of rotatable bonds is 6. The van der Waals surface area contributed by atoms with Crippen LogP contribution in [0.15, 0.2) is 12.1 Å². The highest BCUT2D eigenvalue weighted by atomic mass is 35.5. The molecule has 4 heteroatoms. The fraction of sp³-hybridized carbons (Fsp3) is 0.600. The first-order chi connectivity index (χ1) is 9.31.